The Hall–Kier alpha value is -2.00. The Bertz CT molecular complexity index is 1090. The summed E-state index contributed by atoms with van der Waals surface area (Å²) in [5.74, 6) is 2.33. The maximum Gasteiger partial charge on any atom is 0.330 e. The minimum Gasteiger partial charge on any atom is -0.543 e. The molecule has 1 aliphatic rings. The first-order valence-corrected chi connectivity index (χ1v) is 19.6. The van der Waals surface area contributed by atoms with Crippen LogP contribution >= 0.6 is 0 Å². The smallest absolute Gasteiger partial charge is 0.330 e. The minimum atomic E-state index is -2.20. The summed E-state index contributed by atoms with van der Waals surface area (Å²) in [5, 5.41) is 0.0523. The van der Waals surface area contributed by atoms with Crippen LogP contribution in [0.2, 0.25) is 36.3 Å². The zero-order valence-electron chi connectivity index (χ0n) is 26.6. The maximum absolute atomic E-state index is 11.9. The van der Waals surface area contributed by atoms with Crippen LogP contribution in [0.15, 0.2) is 24.3 Å². The van der Waals surface area contributed by atoms with Crippen molar-refractivity contribution in [1.29, 1.82) is 0 Å². The Balaban J connectivity index is 2.96. The number of rotatable bonds is 8. The summed E-state index contributed by atoms with van der Waals surface area (Å²) in [6, 6.07) is 0. The van der Waals surface area contributed by atoms with Crippen molar-refractivity contribution in [3.63, 3.8) is 0 Å². The highest BCUT2D eigenvalue weighted by Crippen LogP contribution is 2.56. The van der Waals surface area contributed by atoms with Crippen molar-refractivity contribution < 1.29 is 23.1 Å². The van der Waals surface area contributed by atoms with Crippen molar-refractivity contribution in [2.45, 2.75) is 110 Å². The van der Waals surface area contributed by atoms with E-state index in [1.54, 1.807) is 7.11 Å². The summed E-state index contributed by atoms with van der Waals surface area (Å²) in [4.78, 5) is 11.9. The molecule has 0 aromatic heterocycles. The van der Waals surface area contributed by atoms with E-state index in [2.05, 4.69) is 101 Å². The lowest BCUT2D eigenvalue weighted by molar-refractivity contribution is -0.134. The van der Waals surface area contributed by atoms with E-state index in [4.69, 9.17) is 18.3 Å². The molecule has 0 spiro atoms. The molecule has 0 unspecified atom stereocenters. The van der Waals surface area contributed by atoms with Gasteiger partial charge in [0.15, 0.2) is 11.5 Å². The molecule has 0 radical (unpaired) electrons. The molecule has 5 nitrogen and oxygen atoms in total. The highest BCUT2D eigenvalue weighted by atomic mass is 28.4. The lowest BCUT2D eigenvalue weighted by atomic mass is 9.75. The fourth-order valence-corrected chi connectivity index (χ4v) is 6.35. The number of hydrogen-bond donors (Lipinski definition) is 0. The van der Waals surface area contributed by atoms with Gasteiger partial charge in [-0.2, -0.15) is 0 Å². The Morgan fingerprint density at radius 2 is 1.37 bits per heavy atom. The van der Waals surface area contributed by atoms with Crippen molar-refractivity contribution >= 4 is 22.6 Å². The summed E-state index contributed by atoms with van der Waals surface area (Å²) < 4.78 is 25.2. The van der Waals surface area contributed by atoms with Crippen LogP contribution in [-0.4, -0.2) is 36.8 Å². The Labute approximate surface area is 234 Å². The number of benzene rings is 1. The van der Waals surface area contributed by atoms with Crippen LogP contribution in [0.4, 0.5) is 0 Å². The minimum absolute atomic E-state index is 0.00764. The summed E-state index contributed by atoms with van der Waals surface area (Å²) in [6.45, 7) is 29.1. The van der Waals surface area contributed by atoms with Crippen molar-refractivity contribution in [2.75, 3.05) is 14.2 Å². The van der Waals surface area contributed by atoms with Gasteiger partial charge in [0.2, 0.25) is 0 Å². The summed E-state index contributed by atoms with van der Waals surface area (Å²) in [5.41, 5.74) is 3.26. The Morgan fingerprint density at radius 3 is 1.82 bits per heavy atom. The molecule has 0 heterocycles. The molecule has 1 aromatic rings. The van der Waals surface area contributed by atoms with Crippen LogP contribution in [0.25, 0.3) is 0 Å². The lowest BCUT2D eigenvalue weighted by Gasteiger charge is -2.42. The van der Waals surface area contributed by atoms with Gasteiger partial charge in [0.1, 0.15) is 5.75 Å². The molecular formula is C31H52O5Si2. The van der Waals surface area contributed by atoms with Crippen LogP contribution in [-0.2, 0) is 9.53 Å². The largest absolute Gasteiger partial charge is 0.543 e. The molecule has 3 atom stereocenters. The van der Waals surface area contributed by atoms with E-state index < -0.39 is 16.6 Å². The van der Waals surface area contributed by atoms with Crippen molar-refractivity contribution in [2.24, 2.45) is 5.92 Å². The molecule has 0 saturated carbocycles. The quantitative estimate of drug-likeness (QED) is 0.137. The van der Waals surface area contributed by atoms with Gasteiger partial charge in [0.25, 0.3) is 16.6 Å². The zero-order valence-corrected chi connectivity index (χ0v) is 28.6. The number of allylic oxidation sites excluding steroid dienone is 3. The summed E-state index contributed by atoms with van der Waals surface area (Å²) in [6.07, 6.45) is 7.97. The Morgan fingerprint density at radius 1 is 0.868 bits per heavy atom. The second kappa shape index (κ2) is 11.2. The molecule has 1 aromatic carbocycles. The molecule has 0 bridgehead atoms. The van der Waals surface area contributed by atoms with Crippen LogP contribution in [0.5, 0.6) is 17.2 Å². The number of esters is 1. The summed E-state index contributed by atoms with van der Waals surface area (Å²) >= 11 is 0. The van der Waals surface area contributed by atoms with E-state index in [0.29, 0.717) is 0 Å². The first-order valence-electron chi connectivity index (χ1n) is 13.8. The third-order valence-electron chi connectivity index (χ3n) is 8.90. The van der Waals surface area contributed by atoms with Gasteiger partial charge in [-0.05, 0) is 49.1 Å². The zero-order chi connectivity index (χ0) is 29.4. The highest BCUT2D eigenvalue weighted by molar-refractivity contribution is 6.75. The van der Waals surface area contributed by atoms with Gasteiger partial charge < -0.3 is 18.3 Å². The fraction of sp³-hybridized carbons (Fsp3) is 0.645. The van der Waals surface area contributed by atoms with E-state index in [-0.39, 0.29) is 33.8 Å². The Kier molecular flexibility index (Phi) is 9.53. The molecule has 7 heteroatoms. The van der Waals surface area contributed by atoms with Gasteiger partial charge in [0.05, 0.1) is 14.2 Å². The second-order valence-electron chi connectivity index (χ2n) is 13.8. The van der Waals surface area contributed by atoms with Crippen LogP contribution in [0.3, 0.4) is 0 Å². The number of carbonyl (C=O) groups excluding carboxylic acids is 1. The molecule has 0 amide bonds. The van der Waals surface area contributed by atoms with Gasteiger partial charge in [-0.1, -0.05) is 73.6 Å². The first-order chi connectivity index (χ1) is 17.2. The van der Waals surface area contributed by atoms with E-state index >= 15 is 0 Å². The number of ether oxygens (including phenoxy) is 2. The van der Waals surface area contributed by atoms with Crippen molar-refractivity contribution in [1.82, 2.24) is 0 Å². The summed E-state index contributed by atoms with van der Waals surface area (Å²) in [7, 11) is -1.26. The van der Waals surface area contributed by atoms with E-state index in [1.807, 2.05) is 6.08 Å². The topological polar surface area (TPSA) is 54.0 Å². The highest BCUT2D eigenvalue weighted by Gasteiger charge is 2.45. The van der Waals surface area contributed by atoms with Gasteiger partial charge in [0, 0.05) is 34.6 Å². The number of hydrogen-bond acceptors (Lipinski definition) is 5. The van der Waals surface area contributed by atoms with Crippen molar-refractivity contribution in [3.8, 4) is 17.2 Å². The van der Waals surface area contributed by atoms with E-state index in [9.17, 15) is 4.79 Å². The molecule has 38 heavy (non-hydrogen) atoms. The van der Waals surface area contributed by atoms with Crippen LogP contribution in [0, 0.1) is 12.8 Å². The SMILES string of the molecule is COC(=O)/C=C/[C@H](C)[C@H]1C=C[C@H](C)c2c(O[Si](C)(C)C(C)(C)C)c(OC)c(C)c(O[Si](C)(C)C(C)(C)C)c21. The molecule has 0 N–H and O–H groups in total. The fourth-order valence-electron chi connectivity index (χ4n) is 4.26. The average molecular weight is 561 g/mol. The molecule has 214 valence electrons. The molecule has 0 saturated heterocycles. The first kappa shape index (κ1) is 32.2. The molecular weight excluding hydrogens is 509 g/mol. The number of methoxy groups -OCH3 is 2. The number of fused-ring (bicyclic) bond motifs is 1. The van der Waals surface area contributed by atoms with Gasteiger partial charge in [-0.25, -0.2) is 4.79 Å². The van der Waals surface area contributed by atoms with E-state index in [0.717, 1.165) is 33.9 Å². The molecule has 2 rings (SSSR count). The second-order valence-corrected chi connectivity index (χ2v) is 23.3. The van der Waals surface area contributed by atoms with Crippen LogP contribution < -0.4 is 13.6 Å². The molecule has 0 fully saturated rings. The standard InChI is InChI=1S/C31H52O5Si2/c1-20(17-19-24(32)33-10)23-18-16-21(2)25-26(23)27(35-37(12,13)30(4,5)6)22(3)28(34-11)29(25)36-38(14,15)31(7,8)9/h16-21,23H,1-15H3/b19-17+/t20-,21-,23+/m0/s1. The predicted octanol–water partition coefficient (Wildman–Crippen LogP) is 8.89. The average Bonchev–Trinajstić information content (AvgIpc) is 2.78. The maximum atomic E-state index is 11.9. The van der Waals surface area contributed by atoms with E-state index in [1.165, 1.54) is 13.2 Å². The lowest BCUT2D eigenvalue weighted by Crippen LogP contribution is -2.45. The third-order valence-corrected chi connectivity index (χ3v) is 17.6. The number of carbonyl (C=O) groups is 1. The van der Waals surface area contributed by atoms with Gasteiger partial charge >= 0.3 is 5.97 Å². The predicted molar refractivity (Wildman–Crippen MR) is 164 cm³/mol. The monoisotopic (exact) mass is 560 g/mol. The normalized spacial score (nSPS) is 19.2. The van der Waals surface area contributed by atoms with Gasteiger partial charge in [-0.3, -0.25) is 0 Å². The molecule has 0 aliphatic heterocycles. The van der Waals surface area contributed by atoms with Crippen molar-refractivity contribution in [3.05, 3.63) is 41.0 Å². The van der Waals surface area contributed by atoms with Crippen LogP contribution in [0.1, 0.15) is 83.9 Å². The van der Waals surface area contributed by atoms with Gasteiger partial charge in [-0.15, -0.1) is 0 Å². The third kappa shape index (κ3) is 6.41. The molecule has 1 aliphatic carbocycles.